The molecule has 4 heteroatoms. The molecule has 2 heterocycles. The number of nitrogens with zero attached hydrogens (tertiary/aromatic N) is 3. The van der Waals surface area contributed by atoms with E-state index in [0.29, 0.717) is 6.04 Å². The van der Waals surface area contributed by atoms with E-state index in [1.807, 2.05) is 6.20 Å². The Labute approximate surface area is 123 Å². The fourth-order valence-electron chi connectivity index (χ4n) is 2.78. The zero-order valence-corrected chi connectivity index (χ0v) is 13.1. The molecule has 1 aromatic rings. The van der Waals surface area contributed by atoms with Gasteiger partial charge in [-0.2, -0.15) is 0 Å². The van der Waals surface area contributed by atoms with Gasteiger partial charge in [0.1, 0.15) is 5.82 Å². The summed E-state index contributed by atoms with van der Waals surface area (Å²) >= 11 is 0. The summed E-state index contributed by atoms with van der Waals surface area (Å²) < 4.78 is 0. The molecule has 1 aliphatic heterocycles. The Bertz CT molecular complexity index is 390. The summed E-state index contributed by atoms with van der Waals surface area (Å²) in [4.78, 5) is 9.37. The van der Waals surface area contributed by atoms with Crippen LogP contribution in [0.4, 0.5) is 5.82 Å². The minimum atomic E-state index is 0.588. The Morgan fingerprint density at radius 3 is 2.95 bits per heavy atom. The van der Waals surface area contributed by atoms with Crippen LogP contribution in [0.25, 0.3) is 0 Å². The predicted molar refractivity (Wildman–Crippen MR) is 85.2 cm³/mol. The van der Waals surface area contributed by atoms with Crippen molar-refractivity contribution in [2.24, 2.45) is 0 Å². The van der Waals surface area contributed by atoms with Gasteiger partial charge in [0.15, 0.2) is 0 Å². The SMILES string of the molecule is CCCNCc1ccc(N(C)C2CCCN(C)C2)nc1. The first-order valence-corrected chi connectivity index (χ1v) is 7.77. The second kappa shape index (κ2) is 7.60. The van der Waals surface area contributed by atoms with Gasteiger partial charge >= 0.3 is 0 Å². The number of likely N-dealkylation sites (tertiary alicyclic amines) is 1. The Morgan fingerprint density at radius 2 is 2.30 bits per heavy atom. The molecule has 0 radical (unpaired) electrons. The molecule has 1 N–H and O–H groups in total. The van der Waals surface area contributed by atoms with Crippen LogP contribution in [0.15, 0.2) is 18.3 Å². The van der Waals surface area contributed by atoms with Crippen molar-refractivity contribution in [1.82, 2.24) is 15.2 Å². The van der Waals surface area contributed by atoms with Gasteiger partial charge in [-0.15, -0.1) is 0 Å². The third-order valence-corrected chi connectivity index (χ3v) is 4.07. The van der Waals surface area contributed by atoms with Gasteiger partial charge in [-0.1, -0.05) is 13.0 Å². The van der Waals surface area contributed by atoms with Gasteiger partial charge in [0.2, 0.25) is 0 Å². The number of anilines is 1. The highest BCUT2D eigenvalue weighted by Gasteiger charge is 2.21. The van der Waals surface area contributed by atoms with Gasteiger partial charge in [-0.05, 0) is 51.0 Å². The molecule has 20 heavy (non-hydrogen) atoms. The molecule has 2 rings (SSSR count). The van der Waals surface area contributed by atoms with Crippen molar-refractivity contribution in [3.8, 4) is 0 Å². The van der Waals surface area contributed by atoms with E-state index in [2.05, 4.69) is 53.3 Å². The fourth-order valence-corrected chi connectivity index (χ4v) is 2.78. The third kappa shape index (κ3) is 4.18. The molecule has 1 unspecified atom stereocenters. The summed E-state index contributed by atoms with van der Waals surface area (Å²) in [6, 6.07) is 4.93. The van der Waals surface area contributed by atoms with Crippen molar-refractivity contribution < 1.29 is 0 Å². The summed E-state index contributed by atoms with van der Waals surface area (Å²) in [6.45, 7) is 6.52. The lowest BCUT2D eigenvalue weighted by Gasteiger charge is -2.36. The second-order valence-electron chi connectivity index (χ2n) is 5.87. The lowest BCUT2D eigenvalue weighted by Crippen LogP contribution is -2.45. The van der Waals surface area contributed by atoms with Gasteiger partial charge in [-0.3, -0.25) is 0 Å². The molecule has 1 fully saturated rings. The number of rotatable bonds is 6. The fraction of sp³-hybridized carbons (Fsp3) is 0.688. The number of likely N-dealkylation sites (N-methyl/N-ethyl adjacent to an activating group) is 2. The summed E-state index contributed by atoms with van der Waals surface area (Å²) in [5, 5.41) is 3.41. The molecule has 1 saturated heterocycles. The summed E-state index contributed by atoms with van der Waals surface area (Å²) in [6.07, 6.45) is 5.72. The van der Waals surface area contributed by atoms with Gasteiger partial charge in [0.05, 0.1) is 0 Å². The average Bonchev–Trinajstić information content (AvgIpc) is 2.47. The molecule has 0 aliphatic carbocycles. The van der Waals surface area contributed by atoms with Crippen LogP contribution in [0.5, 0.6) is 0 Å². The lowest BCUT2D eigenvalue weighted by molar-refractivity contribution is 0.247. The maximum Gasteiger partial charge on any atom is 0.128 e. The molecule has 0 bridgehead atoms. The molecule has 1 atom stereocenters. The first-order chi connectivity index (χ1) is 9.70. The van der Waals surface area contributed by atoms with Crippen LogP contribution in [0.1, 0.15) is 31.7 Å². The van der Waals surface area contributed by atoms with Crippen LogP contribution in [0.2, 0.25) is 0 Å². The molecule has 1 aliphatic rings. The summed E-state index contributed by atoms with van der Waals surface area (Å²) in [5.41, 5.74) is 1.26. The molecule has 1 aromatic heterocycles. The van der Waals surface area contributed by atoms with E-state index in [1.165, 1.54) is 31.4 Å². The maximum absolute atomic E-state index is 4.62. The van der Waals surface area contributed by atoms with Crippen molar-refractivity contribution in [3.05, 3.63) is 23.9 Å². The quantitative estimate of drug-likeness (QED) is 0.806. The first-order valence-electron chi connectivity index (χ1n) is 7.77. The van der Waals surface area contributed by atoms with Gasteiger partial charge < -0.3 is 15.1 Å². The highest BCUT2D eigenvalue weighted by molar-refractivity contribution is 5.39. The molecule has 4 nitrogen and oxygen atoms in total. The van der Waals surface area contributed by atoms with Crippen LogP contribution in [-0.4, -0.2) is 49.7 Å². The Morgan fingerprint density at radius 1 is 1.45 bits per heavy atom. The van der Waals surface area contributed by atoms with Gasteiger partial charge in [0.25, 0.3) is 0 Å². The zero-order valence-electron chi connectivity index (χ0n) is 13.1. The second-order valence-corrected chi connectivity index (χ2v) is 5.87. The van der Waals surface area contributed by atoms with Crippen molar-refractivity contribution in [3.63, 3.8) is 0 Å². The summed E-state index contributed by atoms with van der Waals surface area (Å²) in [5.74, 6) is 1.09. The Hall–Kier alpha value is -1.13. The molecule has 0 amide bonds. The van der Waals surface area contributed by atoms with Crippen molar-refractivity contribution >= 4 is 5.82 Å². The van der Waals surface area contributed by atoms with Crippen LogP contribution in [0, 0.1) is 0 Å². The molecule has 0 saturated carbocycles. The number of piperidine rings is 1. The van der Waals surface area contributed by atoms with Crippen molar-refractivity contribution in [1.29, 1.82) is 0 Å². The third-order valence-electron chi connectivity index (χ3n) is 4.07. The van der Waals surface area contributed by atoms with Crippen LogP contribution >= 0.6 is 0 Å². The van der Waals surface area contributed by atoms with Crippen LogP contribution in [-0.2, 0) is 6.54 Å². The van der Waals surface area contributed by atoms with E-state index in [1.54, 1.807) is 0 Å². The largest absolute Gasteiger partial charge is 0.355 e. The highest BCUT2D eigenvalue weighted by Crippen LogP contribution is 2.19. The number of hydrogen-bond donors (Lipinski definition) is 1. The van der Waals surface area contributed by atoms with E-state index in [0.717, 1.165) is 25.5 Å². The monoisotopic (exact) mass is 276 g/mol. The van der Waals surface area contributed by atoms with E-state index >= 15 is 0 Å². The number of aromatic nitrogens is 1. The molecule has 0 spiro atoms. The van der Waals surface area contributed by atoms with Crippen LogP contribution in [0.3, 0.4) is 0 Å². The summed E-state index contributed by atoms with van der Waals surface area (Å²) in [7, 11) is 4.37. The van der Waals surface area contributed by atoms with E-state index in [-0.39, 0.29) is 0 Å². The molecular formula is C16H28N4. The highest BCUT2D eigenvalue weighted by atomic mass is 15.2. The zero-order chi connectivity index (χ0) is 14.4. The lowest BCUT2D eigenvalue weighted by atomic mass is 10.1. The Balaban J connectivity index is 1.91. The van der Waals surface area contributed by atoms with Crippen molar-refractivity contribution in [2.45, 2.75) is 38.8 Å². The minimum absolute atomic E-state index is 0.588. The average molecular weight is 276 g/mol. The molecule has 0 aromatic carbocycles. The van der Waals surface area contributed by atoms with Crippen molar-refractivity contribution in [2.75, 3.05) is 38.6 Å². The number of hydrogen-bond acceptors (Lipinski definition) is 4. The van der Waals surface area contributed by atoms with E-state index < -0.39 is 0 Å². The normalized spacial score (nSPS) is 20.1. The van der Waals surface area contributed by atoms with Gasteiger partial charge in [0, 0.05) is 32.4 Å². The standard InChI is InChI=1S/C16H28N4/c1-4-9-17-11-14-7-8-16(18-12-14)20(3)15-6-5-10-19(2)13-15/h7-8,12,15,17H,4-6,9-11,13H2,1-3H3. The smallest absolute Gasteiger partial charge is 0.128 e. The maximum atomic E-state index is 4.62. The Kier molecular flexibility index (Phi) is 5.80. The van der Waals surface area contributed by atoms with Gasteiger partial charge in [-0.25, -0.2) is 4.98 Å². The minimum Gasteiger partial charge on any atom is -0.355 e. The number of nitrogens with one attached hydrogen (secondary N) is 1. The molecule has 112 valence electrons. The predicted octanol–water partition coefficient (Wildman–Crippen LogP) is 2.11. The van der Waals surface area contributed by atoms with E-state index in [4.69, 9.17) is 0 Å². The topological polar surface area (TPSA) is 31.4 Å². The number of pyridine rings is 1. The van der Waals surface area contributed by atoms with E-state index in [9.17, 15) is 0 Å². The van der Waals surface area contributed by atoms with Crippen LogP contribution < -0.4 is 10.2 Å². The first kappa shape index (κ1) is 15.3. The molecular weight excluding hydrogens is 248 g/mol.